The Bertz CT molecular complexity index is 1430. The molecule has 0 unspecified atom stereocenters. The van der Waals surface area contributed by atoms with E-state index in [9.17, 15) is 19.2 Å². The van der Waals surface area contributed by atoms with E-state index < -0.39 is 30.3 Å². The Labute approximate surface area is 206 Å². The van der Waals surface area contributed by atoms with Gasteiger partial charge in [0.05, 0.1) is 22.4 Å². The molecule has 2 aliphatic rings. The van der Waals surface area contributed by atoms with Gasteiger partial charge >= 0.3 is 5.97 Å². The van der Waals surface area contributed by atoms with Gasteiger partial charge in [0, 0.05) is 11.8 Å². The van der Waals surface area contributed by atoms with Crippen molar-refractivity contribution in [2.75, 3.05) is 30.0 Å². The van der Waals surface area contributed by atoms with E-state index in [1.165, 1.54) is 18.2 Å². The summed E-state index contributed by atoms with van der Waals surface area (Å²) in [6, 6.07) is 14.6. The molecule has 3 aromatic carbocycles. The summed E-state index contributed by atoms with van der Waals surface area (Å²) in [7, 11) is 0. The largest absolute Gasteiger partial charge is 0.486 e. The fraction of sp³-hybridized carbons (Fsp3) is 0.185. The number of fused-ring (bicyclic) bond motifs is 2. The molecule has 0 fully saturated rings. The third-order valence-electron chi connectivity index (χ3n) is 5.89. The average molecular weight is 486 g/mol. The van der Waals surface area contributed by atoms with Crippen LogP contribution in [0.3, 0.4) is 0 Å². The van der Waals surface area contributed by atoms with Crippen molar-refractivity contribution in [1.82, 2.24) is 0 Å². The third kappa shape index (κ3) is 4.26. The highest BCUT2D eigenvalue weighted by Gasteiger charge is 2.38. The van der Waals surface area contributed by atoms with Crippen molar-refractivity contribution < 1.29 is 33.4 Å². The molecular formula is C27H22N2O7. The minimum atomic E-state index is -0.791. The first kappa shape index (κ1) is 23.1. The molecule has 2 aliphatic heterocycles. The fourth-order valence-corrected chi connectivity index (χ4v) is 4.08. The van der Waals surface area contributed by atoms with Crippen LogP contribution in [0.4, 0.5) is 11.4 Å². The van der Waals surface area contributed by atoms with Gasteiger partial charge in [0.15, 0.2) is 18.1 Å². The van der Waals surface area contributed by atoms with E-state index in [4.69, 9.17) is 14.2 Å². The van der Waals surface area contributed by atoms with Gasteiger partial charge in [0.2, 0.25) is 0 Å². The van der Waals surface area contributed by atoms with Gasteiger partial charge in [-0.15, -0.1) is 0 Å². The van der Waals surface area contributed by atoms with Gasteiger partial charge in [-0.05, 0) is 61.4 Å². The van der Waals surface area contributed by atoms with Crippen molar-refractivity contribution in [3.8, 4) is 11.5 Å². The lowest BCUT2D eigenvalue weighted by molar-refractivity contribution is -0.119. The number of ether oxygens (including phenoxy) is 3. The summed E-state index contributed by atoms with van der Waals surface area (Å²) in [6.45, 7) is 4.03. The number of aryl methyl sites for hydroxylation is 2. The van der Waals surface area contributed by atoms with E-state index >= 15 is 0 Å². The molecule has 0 aliphatic carbocycles. The zero-order valence-corrected chi connectivity index (χ0v) is 19.6. The second-order valence-electron chi connectivity index (χ2n) is 8.48. The van der Waals surface area contributed by atoms with Crippen molar-refractivity contribution in [1.29, 1.82) is 0 Å². The van der Waals surface area contributed by atoms with Crippen molar-refractivity contribution in [2.24, 2.45) is 0 Å². The maximum Gasteiger partial charge on any atom is 0.338 e. The number of carbonyl (C=O) groups excluding carboxylic acids is 4. The predicted molar refractivity (Wildman–Crippen MR) is 130 cm³/mol. The molecule has 9 nitrogen and oxygen atoms in total. The fourth-order valence-electron chi connectivity index (χ4n) is 4.08. The molecule has 9 heteroatoms. The zero-order chi connectivity index (χ0) is 25.4. The number of hydrogen-bond donors (Lipinski definition) is 1. The first-order valence-electron chi connectivity index (χ1n) is 11.3. The van der Waals surface area contributed by atoms with Crippen LogP contribution in [0.5, 0.6) is 11.5 Å². The highest BCUT2D eigenvalue weighted by molar-refractivity contribution is 6.35. The highest BCUT2D eigenvalue weighted by atomic mass is 16.6. The second kappa shape index (κ2) is 9.18. The quantitative estimate of drug-likeness (QED) is 0.433. The Kier molecular flexibility index (Phi) is 5.89. The number of benzene rings is 3. The van der Waals surface area contributed by atoms with E-state index in [1.54, 1.807) is 24.3 Å². The van der Waals surface area contributed by atoms with Gasteiger partial charge < -0.3 is 19.5 Å². The molecule has 0 aromatic heterocycles. The summed E-state index contributed by atoms with van der Waals surface area (Å²) in [4.78, 5) is 52.0. The van der Waals surface area contributed by atoms with Crippen molar-refractivity contribution in [2.45, 2.75) is 13.8 Å². The molecule has 3 amide bonds. The number of anilines is 2. The number of carbonyl (C=O) groups is 4. The molecule has 182 valence electrons. The van der Waals surface area contributed by atoms with Crippen LogP contribution in [-0.2, 0) is 9.53 Å². The molecule has 0 atom stereocenters. The van der Waals surface area contributed by atoms with Crippen LogP contribution >= 0.6 is 0 Å². The lowest BCUT2D eigenvalue weighted by Gasteiger charge is -2.19. The highest BCUT2D eigenvalue weighted by Crippen LogP contribution is 2.33. The van der Waals surface area contributed by atoms with Crippen molar-refractivity contribution >= 4 is 35.1 Å². The minimum Gasteiger partial charge on any atom is -0.486 e. The SMILES string of the molecule is Cc1ccc(C)c(N2C(=O)c3ccc(C(=O)OCC(=O)Nc4ccc5c(c4)OCCO5)cc3C2=O)c1. The van der Waals surface area contributed by atoms with Gasteiger partial charge in [-0.25, -0.2) is 9.69 Å². The van der Waals surface area contributed by atoms with E-state index in [0.717, 1.165) is 16.0 Å². The summed E-state index contributed by atoms with van der Waals surface area (Å²) in [6.07, 6.45) is 0. The lowest BCUT2D eigenvalue weighted by Crippen LogP contribution is -2.30. The summed E-state index contributed by atoms with van der Waals surface area (Å²) in [5.74, 6) is -1.21. The Morgan fingerprint density at radius 1 is 0.889 bits per heavy atom. The van der Waals surface area contributed by atoms with E-state index in [-0.39, 0.29) is 16.7 Å². The Morgan fingerprint density at radius 3 is 2.44 bits per heavy atom. The summed E-state index contributed by atoms with van der Waals surface area (Å²) in [5.41, 5.74) is 3.02. The van der Waals surface area contributed by atoms with Crippen LogP contribution in [0, 0.1) is 13.8 Å². The Morgan fingerprint density at radius 2 is 1.64 bits per heavy atom. The Balaban J connectivity index is 1.26. The van der Waals surface area contributed by atoms with Gasteiger partial charge in [0.25, 0.3) is 17.7 Å². The van der Waals surface area contributed by atoms with Gasteiger partial charge in [0.1, 0.15) is 13.2 Å². The first-order chi connectivity index (χ1) is 17.3. The summed E-state index contributed by atoms with van der Waals surface area (Å²) in [5, 5.41) is 2.63. The molecule has 5 rings (SSSR count). The van der Waals surface area contributed by atoms with Crippen LogP contribution in [0.25, 0.3) is 0 Å². The minimum absolute atomic E-state index is 0.0600. The van der Waals surface area contributed by atoms with E-state index in [2.05, 4.69) is 5.32 Å². The Hall–Kier alpha value is -4.66. The van der Waals surface area contributed by atoms with Gasteiger partial charge in [-0.1, -0.05) is 12.1 Å². The number of hydrogen-bond acceptors (Lipinski definition) is 7. The van der Waals surface area contributed by atoms with E-state index in [0.29, 0.717) is 36.1 Å². The molecule has 3 aromatic rings. The van der Waals surface area contributed by atoms with E-state index in [1.807, 2.05) is 26.0 Å². The number of nitrogens with zero attached hydrogens (tertiary/aromatic N) is 1. The predicted octanol–water partition coefficient (Wildman–Crippen LogP) is 3.67. The lowest BCUT2D eigenvalue weighted by atomic mass is 10.1. The standard InChI is InChI=1S/C27H22N2O7/c1-15-3-4-16(2)21(11-15)29-25(31)19-7-5-17(12-20(19)26(29)32)27(33)36-14-24(30)28-18-6-8-22-23(13-18)35-10-9-34-22/h3-8,11-13H,9-10,14H2,1-2H3,(H,28,30). The molecule has 0 bridgehead atoms. The number of amides is 3. The number of nitrogens with one attached hydrogen (secondary N) is 1. The molecule has 0 spiro atoms. The van der Waals surface area contributed by atoms with Crippen molar-refractivity contribution in [3.63, 3.8) is 0 Å². The number of imide groups is 1. The van der Waals surface area contributed by atoms with Gasteiger partial charge in [-0.2, -0.15) is 0 Å². The zero-order valence-electron chi connectivity index (χ0n) is 19.6. The summed E-state index contributed by atoms with van der Waals surface area (Å²) < 4.78 is 16.1. The maximum atomic E-state index is 13.1. The number of rotatable bonds is 5. The molecule has 36 heavy (non-hydrogen) atoms. The monoisotopic (exact) mass is 486 g/mol. The molecule has 0 radical (unpaired) electrons. The maximum absolute atomic E-state index is 13.1. The second-order valence-corrected chi connectivity index (χ2v) is 8.48. The van der Waals surface area contributed by atoms with Crippen LogP contribution in [0.2, 0.25) is 0 Å². The molecule has 0 saturated heterocycles. The average Bonchev–Trinajstić information content (AvgIpc) is 3.13. The normalized spacial score (nSPS) is 13.9. The summed E-state index contributed by atoms with van der Waals surface area (Å²) >= 11 is 0. The number of esters is 1. The third-order valence-corrected chi connectivity index (χ3v) is 5.89. The van der Waals surface area contributed by atoms with Crippen molar-refractivity contribution in [3.05, 3.63) is 82.4 Å². The molecule has 0 saturated carbocycles. The smallest absolute Gasteiger partial charge is 0.338 e. The van der Waals surface area contributed by atoms with Crippen LogP contribution in [0.15, 0.2) is 54.6 Å². The first-order valence-corrected chi connectivity index (χ1v) is 11.3. The topological polar surface area (TPSA) is 111 Å². The van der Waals surface area contributed by atoms with Crippen LogP contribution in [0.1, 0.15) is 42.2 Å². The molecule has 1 N–H and O–H groups in total. The van der Waals surface area contributed by atoms with Gasteiger partial charge in [-0.3, -0.25) is 14.4 Å². The van der Waals surface area contributed by atoms with Crippen LogP contribution < -0.4 is 19.7 Å². The van der Waals surface area contributed by atoms with Crippen LogP contribution in [-0.4, -0.2) is 43.5 Å². The molecular weight excluding hydrogens is 464 g/mol. The molecule has 2 heterocycles.